The van der Waals surface area contributed by atoms with Crippen molar-refractivity contribution < 1.29 is 5.11 Å². The number of halogens is 1. The predicted octanol–water partition coefficient (Wildman–Crippen LogP) is 4.63. The maximum atomic E-state index is 10.9. The number of hydrogen-bond acceptors (Lipinski definition) is 3. The number of nitrogens with zero attached hydrogens (tertiary/aromatic N) is 3. The Morgan fingerprint density at radius 2 is 1.26 bits per heavy atom. The molecule has 0 radical (unpaired) electrons. The molecule has 1 saturated heterocycles. The van der Waals surface area contributed by atoms with E-state index in [1.54, 1.807) is 0 Å². The Labute approximate surface area is 188 Å². The molecule has 0 bridgehead atoms. The number of fused-ring (bicyclic) bond motifs is 3. The molecule has 0 unspecified atom stereocenters. The van der Waals surface area contributed by atoms with Gasteiger partial charge in [-0.05, 0) is 29.8 Å². The molecule has 0 spiro atoms. The fourth-order valence-electron chi connectivity index (χ4n) is 4.74. The first kappa shape index (κ1) is 20.5. The first-order chi connectivity index (χ1) is 15.2. The molecule has 5 heteroatoms. The molecule has 1 N–H and O–H groups in total. The molecule has 4 nitrogen and oxygen atoms in total. The number of piperazine rings is 1. The van der Waals surface area contributed by atoms with Crippen LogP contribution in [0.5, 0.6) is 0 Å². The van der Waals surface area contributed by atoms with E-state index in [1.807, 2.05) is 12.1 Å². The monoisotopic (exact) mass is 433 g/mol. The summed E-state index contributed by atoms with van der Waals surface area (Å²) < 4.78 is 2.27. The maximum absolute atomic E-state index is 10.9. The topological polar surface area (TPSA) is 31.6 Å². The summed E-state index contributed by atoms with van der Waals surface area (Å²) in [6.07, 6.45) is -0.401. The molecule has 4 aromatic rings. The van der Waals surface area contributed by atoms with Crippen LogP contribution in [0.1, 0.15) is 5.56 Å². The molecule has 0 saturated carbocycles. The molecule has 1 fully saturated rings. The van der Waals surface area contributed by atoms with Crippen molar-refractivity contribution in [1.29, 1.82) is 0 Å². The molecule has 3 aromatic carbocycles. The van der Waals surface area contributed by atoms with Gasteiger partial charge in [-0.25, -0.2) is 0 Å². The highest BCUT2D eigenvalue weighted by Gasteiger charge is 2.20. The molecule has 160 valence electrons. The standard InChI is InChI=1S/C26H28ClN3O/c27-21-11-9-20(10-12-21)17-28-13-15-29(16-14-28)18-22(31)19-30-25-7-3-1-5-23(25)24-6-2-4-8-26(24)30/h1-12,22,31H,13-19H2/t22-/m0/s1. The van der Waals surface area contributed by atoms with Crippen molar-refractivity contribution in [3.05, 3.63) is 83.4 Å². The van der Waals surface area contributed by atoms with Crippen molar-refractivity contribution in [2.75, 3.05) is 32.7 Å². The zero-order valence-electron chi connectivity index (χ0n) is 17.6. The van der Waals surface area contributed by atoms with Crippen LogP contribution in [0.25, 0.3) is 21.8 Å². The second-order valence-corrected chi connectivity index (χ2v) is 8.94. The van der Waals surface area contributed by atoms with Gasteiger partial charge in [0.05, 0.1) is 12.6 Å². The normalized spacial score (nSPS) is 16.8. The second-order valence-electron chi connectivity index (χ2n) is 8.50. The highest BCUT2D eigenvalue weighted by atomic mass is 35.5. The summed E-state index contributed by atoms with van der Waals surface area (Å²) in [6, 6.07) is 25.1. The van der Waals surface area contributed by atoms with Gasteiger partial charge in [-0.3, -0.25) is 9.80 Å². The first-order valence-electron chi connectivity index (χ1n) is 11.0. The zero-order chi connectivity index (χ0) is 21.2. The van der Waals surface area contributed by atoms with Gasteiger partial charge in [0.2, 0.25) is 0 Å². The summed E-state index contributed by atoms with van der Waals surface area (Å²) in [5, 5.41) is 14.2. The van der Waals surface area contributed by atoms with E-state index in [-0.39, 0.29) is 0 Å². The van der Waals surface area contributed by atoms with Crippen LogP contribution < -0.4 is 0 Å². The highest BCUT2D eigenvalue weighted by molar-refractivity contribution is 6.30. The van der Waals surface area contributed by atoms with Gasteiger partial charge in [0.15, 0.2) is 0 Å². The van der Waals surface area contributed by atoms with Crippen molar-refractivity contribution in [2.24, 2.45) is 0 Å². The molecule has 31 heavy (non-hydrogen) atoms. The van der Waals surface area contributed by atoms with Crippen LogP contribution in [0, 0.1) is 0 Å². The third-order valence-corrected chi connectivity index (χ3v) is 6.58. The molecule has 1 aliphatic heterocycles. The average Bonchev–Trinajstić information content (AvgIpc) is 3.11. The van der Waals surface area contributed by atoms with E-state index >= 15 is 0 Å². The van der Waals surface area contributed by atoms with Crippen LogP contribution in [-0.4, -0.2) is 58.3 Å². The Bertz CT molecular complexity index is 1110. The second kappa shape index (κ2) is 9.01. The third-order valence-electron chi connectivity index (χ3n) is 6.33. The number of aliphatic hydroxyl groups excluding tert-OH is 1. The summed E-state index contributed by atoms with van der Waals surface area (Å²) in [6.45, 7) is 6.27. The lowest BCUT2D eigenvalue weighted by Gasteiger charge is -2.35. The SMILES string of the molecule is O[C@@H](CN1CCN(Cc2ccc(Cl)cc2)CC1)Cn1c2ccccc2c2ccccc21. The number of aliphatic hydroxyl groups is 1. The predicted molar refractivity (Wildman–Crippen MR) is 129 cm³/mol. The van der Waals surface area contributed by atoms with Crippen LogP contribution in [0.15, 0.2) is 72.8 Å². The minimum atomic E-state index is -0.401. The molecule has 5 rings (SSSR count). The smallest absolute Gasteiger partial charge is 0.0845 e. The number of aromatic nitrogens is 1. The van der Waals surface area contributed by atoms with Gasteiger partial charge < -0.3 is 9.67 Å². The Morgan fingerprint density at radius 1 is 0.710 bits per heavy atom. The molecular weight excluding hydrogens is 406 g/mol. The molecule has 1 aromatic heterocycles. The summed E-state index contributed by atoms with van der Waals surface area (Å²) in [7, 11) is 0. The van der Waals surface area contributed by atoms with Gasteiger partial charge in [0.25, 0.3) is 0 Å². The van der Waals surface area contributed by atoms with Gasteiger partial charge in [0, 0.05) is 66.1 Å². The molecule has 1 aliphatic rings. The van der Waals surface area contributed by atoms with Crippen molar-refractivity contribution in [3.63, 3.8) is 0 Å². The lowest BCUT2D eigenvalue weighted by molar-refractivity contribution is 0.0634. The molecule has 0 aliphatic carbocycles. The van der Waals surface area contributed by atoms with Gasteiger partial charge in [-0.15, -0.1) is 0 Å². The van der Waals surface area contributed by atoms with E-state index in [4.69, 9.17) is 11.6 Å². The maximum Gasteiger partial charge on any atom is 0.0845 e. The van der Waals surface area contributed by atoms with E-state index in [9.17, 15) is 5.11 Å². The van der Waals surface area contributed by atoms with Gasteiger partial charge in [0.1, 0.15) is 0 Å². The number of β-amino-alcohol motifs (C(OH)–C–C–N with tert-alkyl or cyclic N) is 1. The summed E-state index contributed by atoms with van der Waals surface area (Å²) in [4.78, 5) is 4.86. The van der Waals surface area contributed by atoms with Crippen LogP contribution in [0.4, 0.5) is 0 Å². The summed E-state index contributed by atoms with van der Waals surface area (Å²) in [5.41, 5.74) is 3.68. The minimum Gasteiger partial charge on any atom is -0.390 e. The summed E-state index contributed by atoms with van der Waals surface area (Å²) >= 11 is 5.99. The van der Waals surface area contributed by atoms with Crippen LogP contribution in [0.3, 0.4) is 0 Å². The van der Waals surface area contributed by atoms with Crippen molar-refractivity contribution >= 4 is 33.4 Å². The van der Waals surface area contributed by atoms with E-state index in [2.05, 4.69) is 75.0 Å². The lowest BCUT2D eigenvalue weighted by atomic mass is 10.2. The quantitative estimate of drug-likeness (QED) is 0.481. The fourth-order valence-corrected chi connectivity index (χ4v) is 4.87. The van der Waals surface area contributed by atoms with E-state index < -0.39 is 6.10 Å². The zero-order valence-corrected chi connectivity index (χ0v) is 18.4. The average molecular weight is 434 g/mol. The number of rotatable bonds is 6. The molecule has 0 amide bonds. The van der Waals surface area contributed by atoms with Gasteiger partial charge in [-0.2, -0.15) is 0 Å². The van der Waals surface area contributed by atoms with Crippen molar-refractivity contribution in [1.82, 2.24) is 14.4 Å². The number of hydrogen-bond donors (Lipinski definition) is 1. The molecular formula is C26H28ClN3O. The van der Waals surface area contributed by atoms with E-state index in [1.165, 1.54) is 27.4 Å². The number of para-hydroxylation sites is 2. The first-order valence-corrected chi connectivity index (χ1v) is 11.4. The van der Waals surface area contributed by atoms with E-state index in [0.717, 1.165) is 37.7 Å². The largest absolute Gasteiger partial charge is 0.390 e. The number of benzene rings is 3. The fraction of sp³-hybridized carbons (Fsp3) is 0.308. The lowest BCUT2D eigenvalue weighted by Crippen LogP contribution is -2.48. The Hall–Kier alpha value is -2.37. The third kappa shape index (κ3) is 4.48. The van der Waals surface area contributed by atoms with Crippen LogP contribution in [0.2, 0.25) is 5.02 Å². The molecule has 2 heterocycles. The van der Waals surface area contributed by atoms with Crippen LogP contribution in [-0.2, 0) is 13.1 Å². The Morgan fingerprint density at radius 3 is 1.87 bits per heavy atom. The van der Waals surface area contributed by atoms with Crippen LogP contribution >= 0.6 is 11.6 Å². The highest BCUT2D eigenvalue weighted by Crippen LogP contribution is 2.29. The summed E-state index contributed by atoms with van der Waals surface area (Å²) in [5.74, 6) is 0. The Balaban J connectivity index is 1.21. The van der Waals surface area contributed by atoms with Crippen molar-refractivity contribution in [3.8, 4) is 0 Å². The van der Waals surface area contributed by atoms with Gasteiger partial charge >= 0.3 is 0 Å². The molecule has 1 atom stereocenters. The van der Waals surface area contributed by atoms with Gasteiger partial charge in [-0.1, -0.05) is 60.1 Å². The Kier molecular flexibility index (Phi) is 5.97. The van der Waals surface area contributed by atoms with Crippen molar-refractivity contribution in [2.45, 2.75) is 19.2 Å². The minimum absolute atomic E-state index is 0.401. The van der Waals surface area contributed by atoms with E-state index in [0.29, 0.717) is 13.1 Å².